The number of nitrogens with one attached hydrogen (secondary N) is 1. The van der Waals surface area contributed by atoms with Crippen molar-refractivity contribution in [3.8, 4) is 0 Å². The van der Waals surface area contributed by atoms with E-state index in [-0.39, 0.29) is 24.8 Å². The third-order valence-electron chi connectivity index (χ3n) is 8.02. The summed E-state index contributed by atoms with van der Waals surface area (Å²) in [7, 11) is 2.68. The summed E-state index contributed by atoms with van der Waals surface area (Å²) in [5.41, 5.74) is -1.23. The van der Waals surface area contributed by atoms with E-state index in [0.717, 1.165) is 24.1 Å². The Kier molecular flexibility index (Phi) is 8.40. The normalized spacial score (nSPS) is 26.4. The van der Waals surface area contributed by atoms with Crippen molar-refractivity contribution >= 4 is 35.3 Å². The molecule has 0 saturated heterocycles. The van der Waals surface area contributed by atoms with Crippen LogP contribution < -0.4 is 5.32 Å². The molecule has 4 bridgehead atoms. The zero-order chi connectivity index (χ0) is 27.7. The lowest BCUT2D eigenvalue weighted by atomic mass is 9.52. The summed E-state index contributed by atoms with van der Waals surface area (Å²) in [6.45, 7) is 5.28. The molecule has 1 atom stereocenters. The van der Waals surface area contributed by atoms with Crippen molar-refractivity contribution in [3.63, 3.8) is 0 Å². The van der Waals surface area contributed by atoms with E-state index in [1.165, 1.54) is 44.8 Å². The highest BCUT2D eigenvalue weighted by atomic mass is 32.1. The number of carbonyl (C=O) groups excluding carboxylic acids is 4. The van der Waals surface area contributed by atoms with E-state index in [0.29, 0.717) is 29.1 Å². The van der Waals surface area contributed by atoms with Crippen LogP contribution in [0.2, 0.25) is 0 Å². The van der Waals surface area contributed by atoms with Gasteiger partial charge in [-0.25, -0.2) is 9.59 Å². The van der Waals surface area contributed by atoms with Gasteiger partial charge in [-0.1, -0.05) is 0 Å². The Morgan fingerprint density at radius 1 is 1.03 bits per heavy atom. The van der Waals surface area contributed by atoms with Gasteiger partial charge < -0.3 is 19.5 Å². The summed E-state index contributed by atoms with van der Waals surface area (Å²) in [6.07, 6.45) is 6.22. The number of amides is 2. The quantitative estimate of drug-likeness (QED) is 0.361. The Labute approximate surface area is 228 Å². The third-order valence-corrected chi connectivity index (χ3v) is 9.17. The molecule has 2 amide bonds. The SMILES string of the molecule is COC(=O)CCc1ccc(C(=O)NC[C@@H](C(=O)OC(C)(C)C)N(C(=O)OC)C23CC4CC(CC(C4)C2)C3)s1. The molecular formula is C28H40N2O7S. The first-order chi connectivity index (χ1) is 17.9. The minimum absolute atomic E-state index is 0.0833. The Bertz CT molecular complexity index is 1020. The van der Waals surface area contributed by atoms with Gasteiger partial charge in [0.25, 0.3) is 5.91 Å². The molecule has 1 heterocycles. The minimum atomic E-state index is -1.01. The second kappa shape index (κ2) is 11.2. The van der Waals surface area contributed by atoms with Crippen LogP contribution in [0, 0.1) is 17.8 Å². The molecule has 1 aromatic rings. The number of aryl methyl sites for hydroxylation is 1. The highest BCUT2D eigenvalue weighted by molar-refractivity contribution is 7.14. The number of esters is 2. The van der Waals surface area contributed by atoms with E-state index in [1.807, 2.05) is 6.07 Å². The largest absolute Gasteiger partial charge is 0.469 e. The summed E-state index contributed by atoms with van der Waals surface area (Å²) in [4.78, 5) is 54.4. The number of hydrogen-bond donors (Lipinski definition) is 1. The Hall–Kier alpha value is -2.62. The fraction of sp³-hybridized carbons (Fsp3) is 0.714. The van der Waals surface area contributed by atoms with Gasteiger partial charge in [0.1, 0.15) is 5.60 Å². The van der Waals surface area contributed by atoms with Crippen LogP contribution in [0.25, 0.3) is 0 Å². The van der Waals surface area contributed by atoms with Gasteiger partial charge in [-0.15, -0.1) is 11.3 Å². The van der Waals surface area contributed by atoms with Crippen LogP contribution in [-0.2, 0) is 30.2 Å². The van der Waals surface area contributed by atoms with E-state index < -0.39 is 29.2 Å². The van der Waals surface area contributed by atoms with Crippen molar-refractivity contribution in [1.29, 1.82) is 0 Å². The van der Waals surface area contributed by atoms with Crippen LogP contribution >= 0.6 is 11.3 Å². The molecule has 4 aliphatic carbocycles. The minimum Gasteiger partial charge on any atom is -0.469 e. The molecular weight excluding hydrogens is 508 g/mol. The molecule has 0 aromatic carbocycles. The molecule has 1 N–H and O–H groups in total. The molecule has 5 rings (SSSR count). The highest BCUT2D eigenvalue weighted by Gasteiger charge is 2.57. The molecule has 38 heavy (non-hydrogen) atoms. The predicted molar refractivity (Wildman–Crippen MR) is 142 cm³/mol. The summed E-state index contributed by atoms with van der Waals surface area (Å²) in [5, 5.41) is 2.88. The molecule has 0 spiro atoms. The van der Waals surface area contributed by atoms with Crippen LogP contribution in [-0.4, -0.2) is 66.8 Å². The van der Waals surface area contributed by atoms with Gasteiger partial charge in [0, 0.05) is 17.0 Å². The summed E-state index contributed by atoms with van der Waals surface area (Å²) >= 11 is 1.29. The molecule has 210 valence electrons. The number of thiophene rings is 1. The van der Waals surface area contributed by atoms with Crippen molar-refractivity contribution in [3.05, 3.63) is 21.9 Å². The standard InChI is InChI=1S/C28H40N2O7S/c1-27(2,3)37-25(33)21(16-29-24(32)22-8-6-20(38-22)7-9-23(31)35-4)30(26(34)36-5)28-13-17-10-18(14-28)12-19(11-17)15-28/h6,8,17-19,21H,7,9-16H2,1-5H3,(H,29,32)/t17?,18?,19?,21-,28?/m0/s1. The first-order valence-electron chi connectivity index (χ1n) is 13.5. The van der Waals surface area contributed by atoms with Crippen molar-refractivity contribution in [1.82, 2.24) is 10.2 Å². The third kappa shape index (κ3) is 6.33. The van der Waals surface area contributed by atoms with Crippen LogP contribution in [0.1, 0.15) is 80.3 Å². The van der Waals surface area contributed by atoms with Gasteiger partial charge in [0.2, 0.25) is 0 Å². The summed E-state index contributed by atoms with van der Waals surface area (Å²) < 4.78 is 15.7. The Morgan fingerprint density at radius 2 is 1.63 bits per heavy atom. The van der Waals surface area contributed by atoms with Crippen LogP contribution in [0.3, 0.4) is 0 Å². The van der Waals surface area contributed by atoms with E-state index in [1.54, 1.807) is 31.7 Å². The first kappa shape index (κ1) is 28.4. The first-order valence-corrected chi connectivity index (χ1v) is 14.3. The second-order valence-electron chi connectivity index (χ2n) is 12.1. The van der Waals surface area contributed by atoms with Gasteiger partial charge in [0.15, 0.2) is 6.04 Å². The number of carbonyl (C=O) groups is 4. The van der Waals surface area contributed by atoms with Gasteiger partial charge in [-0.3, -0.25) is 14.5 Å². The van der Waals surface area contributed by atoms with Gasteiger partial charge >= 0.3 is 18.0 Å². The van der Waals surface area contributed by atoms with E-state index in [9.17, 15) is 19.2 Å². The fourth-order valence-electron chi connectivity index (χ4n) is 7.00. The van der Waals surface area contributed by atoms with Crippen LogP contribution in [0.5, 0.6) is 0 Å². The lowest BCUT2D eigenvalue weighted by molar-refractivity contribution is -0.168. The van der Waals surface area contributed by atoms with Gasteiger partial charge in [0.05, 0.1) is 25.5 Å². The number of hydrogen-bond acceptors (Lipinski definition) is 8. The zero-order valence-corrected chi connectivity index (χ0v) is 23.9. The number of ether oxygens (including phenoxy) is 3. The van der Waals surface area contributed by atoms with E-state index >= 15 is 0 Å². The van der Waals surface area contributed by atoms with Crippen LogP contribution in [0.4, 0.5) is 4.79 Å². The molecule has 0 unspecified atom stereocenters. The monoisotopic (exact) mass is 548 g/mol. The number of methoxy groups -OCH3 is 2. The fourth-order valence-corrected chi connectivity index (χ4v) is 7.92. The second-order valence-corrected chi connectivity index (χ2v) is 13.3. The zero-order valence-electron chi connectivity index (χ0n) is 23.0. The van der Waals surface area contributed by atoms with E-state index in [4.69, 9.17) is 9.47 Å². The predicted octanol–water partition coefficient (Wildman–Crippen LogP) is 4.33. The Morgan fingerprint density at radius 3 is 2.16 bits per heavy atom. The van der Waals surface area contributed by atoms with Crippen LogP contribution in [0.15, 0.2) is 12.1 Å². The smallest absolute Gasteiger partial charge is 0.410 e. The van der Waals surface area contributed by atoms with Crippen molar-refractivity contribution in [2.75, 3.05) is 20.8 Å². The Balaban J connectivity index is 1.55. The maximum atomic E-state index is 13.6. The summed E-state index contributed by atoms with van der Waals surface area (Å²) in [6, 6.07) is 2.50. The van der Waals surface area contributed by atoms with Crippen molar-refractivity contribution in [2.45, 2.75) is 89.3 Å². The highest BCUT2D eigenvalue weighted by Crippen LogP contribution is 2.58. The lowest BCUT2D eigenvalue weighted by Gasteiger charge is -2.60. The molecule has 9 nitrogen and oxygen atoms in total. The average Bonchev–Trinajstić information content (AvgIpc) is 3.31. The van der Waals surface area contributed by atoms with Crippen molar-refractivity contribution in [2.24, 2.45) is 17.8 Å². The molecule has 4 aliphatic rings. The molecule has 4 saturated carbocycles. The molecule has 0 radical (unpaired) electrons. The molecule has 0 aliphatic heterocycles. The van der Waals surface area contributed by atoms with Gasteiger partial charge in [-0.05, 0) is 95.6 Å². The summed E-state index contributed by atoms with van der Waals surface area (Å²) in [5.74, 6) is 0.412. The lowest BCUT2D eigenvalue weighted by Crippen LogP contribution is -2.67. The maximum Gasteiger partial charge on any atom is 0.410 e. The topological polar surface area (TPSA) is 111 Å². The molecule has 1 aromatic heterocycles. The maximum absolute atomic E-state index is 13.6. The number of rotatable bonds is 9. The molecule has 4 fully saturated rings. The molecule has 10 heteroatoms. The van der Waals surface area contributed by atoms with Gasteiger partial charge in [-0.2, -0.15) is 0 Å². The van der Waals surface area contributed by atoms with Crippen molar-refractivity contribution < 1.29 is 33.4 Å². The average molecular weight is 549 g/mol. The van der Waals surface area contributed by atoms with E-state index in [2.05, 4.69) is 10.1 Å². The number of nitrogens with zero attached hydrogens (tertiary/aromatic N) is 1.